The number of esters is 1. The predicted octanol–water partition coefficient (Wildman–Crippen LogP) is 6.28. The van der Waals surface area contributed by atoms with Crippen molar-refractivity contribution in [3.63, 3.8) is 0 Å². The van der Waals surface area contributed by atoms with Gasteiger partial charge in [-0.15, -0.1) is 0 Å². The van der Waals surface area contributed by atoms with Gasteiger partial charge in [-0.25, -0.2) is 4.98 Å². The lowest BCUT2D eigenvalue weighted by molar-refractivity contribution is -0.378. The molecular formula is C51H68N5O10+. The lowest BCUT2D eigenvalue weighted by Gasteiger charge is -2.36. The molecule has 2 aromatic carbocycles. The third kappa shape index (κ3) is 10.3. The number of ether oxygens (including phenoxy) is 4. The van der Waals surface area contributed by atoms with Gasteiger partial charge < -0.3 is 44.5 Å². The quantitative estimate of drug-likeness (QED) is 0.170. The maximum atomic E-state index is 14.7. The first kappa shape index (κ1) is 49.8. The van der Waals surface area contributed by atoms with Gasteiger partial charge in [0.25, 0.3) is 11.7 Å². The fourth-order valence-corrected chi connectivity index (χ4v) is 9.61. The molecule has 66 heavy (non-hydrogen) atoms. The molecule has 1 fully saturated rings. The zero-order chi connectivity index (χ0) is 48.2. The van der Waals surface area contributed by atoms with Crippen LogP contribution in [0.3, 0.4) is 0 Å². The number of benzene rings is 2. The average Bonchev–Trinajstić information content (AvgIpc) is 3.78. The first-order valence-corrected chi connectivity index (χ1v) is 23.0. The summed E-state index contributed by atoms with van der Waals surface area (Å²) in [7, 11) is 1.51. The van der Waals surface area contributed by atoms with Crippen molar-refractivity contribution < 1.29 is 53.6 Å². The van der Waals surface area contributed by atoms with Crippen molar-refractivity contribution in [2.45, 2.75) is 118 Å². The number of anilines is 1. The van der Waals surface area contributed by atoms with Gasteiger partial charge in [0.2, 0.25) is 0 Å². The van der Waals surface area contributed by atoms with E-state index in [1.165, 1.54) is 27.2 Å². The number of rotatable bonds is 4. The summed E-state index contributed by atoms with van der Waals surface area (Å²) < 4.78 is 24.1. The lowest BCUT2D eigenvalue weighted by atomic mass is 9.79. The van der Waals surface area contributed by atoms with E-state index in [-0.39, 0.29) is 61.6 Å². The van der Waals surface area contributed by atoms with Crippen molar-refractivity contribution in [1.29, 1.82) is 0 Å². The molecule has 0 aliphatic carbocycles. The number of aliphatic hydroxyl groups is 1. The van der Waals surface area contributed by atoms with Crippen LogP contribution < -0.4 is 25.8 Å². The number of aromatic hydroxyl groups is 2. The number of methoxy groups -OCH3 is 1. The van der Waals surface area contributed by atoms with Crippen LogP contribution in [-0.2, 0) is 23.8 Å². The van der Waals surface area contributed by atoms with Crippen molar-refractivity contribution >= 4 is 34.1 Å². The summed E-state index contributed by atoms with van der Waals surface area (Å²) in [6.45, 7) is 20.4. The smallest absolute Gasteiger partial charge is 0.312 e. The first-order valence-electron chi connectivity index (χ1n) is 23.0. The number of ketones is 1. The van der Waals surface area contributed by atoms with Crippen LogP contribution in [0.2, 0.25) is 0 Å². The summed E-state index contributed by atoms with van der Waals surface area (Å²) in [6, 6.07) is 5.86. The Morgan fingerprint density at radius 3 is 2.24 bits per heavy atom. The number of aromatic amines is 1. The number of carbonyl (C=O) groups excluding carboxylic acids is 3. The van der Waals surface area contributed by atoms with E-state index in [1.54, 1.807) is 32.1 Å². The Balaban J connectivity index is 0.00000111. The average molecular weight is 911 g/mol. The van der Waals surface area contributed by atoms with Gasteiger partial charge in [-0.1, -0.05) is 65.8 Å². The Bertz CT molecular complexity index is 2490. The second kappa shape index (κ2) is 20.5. The van der Waals surface area contributed by atoms with Gasteiger partial charge in [0.15, 0.2) is 23.8 Å². The summed E-state index contributed by atoms with van der Waals surface area (Å²) in [5, 5.41) is 38.9. The fourth-order valence-electron chi connectivity index (χ4n) is 9.61. The highest BCUT2D eigenvalue weighted by Gasteiger charge is 2.50. The minimum atomic E-state index is -1.93. The Labute approximate surface area is 387 Å². The largest absolute Gasteiger partial charge is 0.507 e. The topological polar surface area (TPSA) is 203 Å². The van der Waals surface area contributed by atoms with E-state index in [0.717, 1.165) is 19.6 Å². The number of nitrogens with one attached hydrogen (secondary N) is 2. The van der Waals surface area contributed by atoms with Crippen LogP contribution in [0.25, 0.3) is 10.8 Å². The monoisotopic (exact) mass is 910 g/mol. The number of hydrogen-bond acceptors (Lipinski definition) is 13. The van der Waals surface area contributed by atoms with Gasteiger partial charge >= 0.3 is 11.8 Å². The Morgan fingerprint density at radius 2 is 1.65 bits per heavy atom. The Kier molecular flexibility index (Phi) is 15.4. The number of phenols is 2. The molecule has 2 unspecified atom stereocenters. The van der Waals surface area contributed by atoms with E-state index in [4.69, 9.17) is 28.9 Å². The normalized spacial score (nSPS) is 29.6. The standard InChI is InChI=1S/C46H62N4O10.C5H5N/c1-23(2)22-50-18-16-46(17-19-50)48-35-32-33-39(53)29(8)42-34(32)43(55)45(10,60-42)58-20-15-31(57-11)27(6)41(59-30(9)51)28(7)38(52)26(5)21-24(3)13-12-14-25(4)44(56)47-37(40(33)54)36(35)49-46;1-2-4-6-5-3-1/h12-15,20,23-24,26-28,31,38,41,52-54H,16-19,21-22H2,1-11H3,(H,47,56);1-5H/p+1/b13-12+,20-15+,25-14-;/t24?,26-,27-,28-,31+,38-,41?,45+;/m1./s1. The van der Waals surface area contributed by atoms with E-state index in [1.807, 2.05) is 64.4 Å². The van der Waals surface area contributed by atoms with E-state index < -0.39 is 65.0 Å². The highest BCUT2D eigenvalue weighted by atomic mass is 16.7. The summed E-state index contributed by atoms with van der Waals surface area (Å²) in [5.74, 6) is -4.94. The second-order valence-corrected chi connectivity index (χ2v) is 19.0. The number of piperidine rings is 1. The molecule has 4 aliphatic rings. The van der Waals surface area contributed by atoms with Crippen molar-refractivity contribution in [2.24, 2.45) is 39.6 Å². The lowest BCUT2D eigenvalue weighted by Crippen LogP contribution is -2.44. The highest BCUT2D eigenvalue weighted by molar-refractivity contribution is 6.19. The number of nitrogens with zero attached hydrogens (tertiary/aromatic N) is 3. The predicted molar refractivity (Wildman–Crippen MR) is 249 cm³/mol. The zero-order valence-corrected chi connectivity index (χ0v) is 40.2. The molecule has 15 nitrogen and oxygen atoms in total. The van der Waals surface area contributed by atoms with Gasteiger partial charge in [-0.05, 0) is 44.1 Å². The number of Topliss-reactive ketones (excluding diaryl/α,β-unsaturated/α-hetero) is 1. The minimum Gasteiger partial charge on any atom is -0.507 e. The number of allylic oxidation sites excluding steroid dienone is 3. The van der Waals surface area contributed by atoms with E-state index in [2.05, 4.69) is 29.0 Å². The molecule has 5 N–H and O–H groups in total. The molecule has 356 valence electrons. The van der Waals surface area contributed by atoms with Gasteiger partial charge in [0, 0.05) is 93.9 Å². The van der Waals surface area contributed by atoms with Crippen LogP contribution in [0.1, 0.15) is 97.5 Å². The molecule has 15 heteroatoms. The van der Waals surface area contributed by atoms with Gasteiger partial charge in [-0.2, -0.15) is 0 Å². The summed E-state index contributed by atoms with van der Waals surface area (Å²) in [6.07, 6.45) is 11.5. The SMILES string of the molecule is CO[C@H]1/C=C/O[C@@]2(C)Oc3c(C)c(O)c4c(O)c(c5c(c4c3C2=O)=NC2(CCN(CC(C)C)CC2)N=5)NC(=O)/C(C)=C\C=C\C(C)C[C@@H](C)[C@@H](O)[C@@H](C)C(OC(C)=O)[C@@H]1C.c1cc[nH+]cc1. The molecule has 7 rings (SSSR count). The molecule has 5 heterocycles. The fraction of sp³-hybridized carbons (Fsp3) is 0.529. The molecule has 1 amide bonds. The molecule has 1 saturated heterocycles. The number of amides is 1. The van der Waals surface area contributed by atoms with Crippen molar-refractivity contribution in [2.75, 3.05) is 32.1 Å². The molecule has 4 bridgehead atoms. The van der Waals surface area contributed by atoms with Crippen LogP contribution in [0.4, 0.5) is 5.69 Å². The van der Waals surface area contributed by atoms with Crippen LogP contribution >= 0.6 is 0 Å². The van der Waals surface area contributed by atoms with Gasteiger partial charge in [-0.3, -0.25) is 24.4 Å². The maximum Gasteiger partial charge on any atom is 0.312 e. The van der Waals surface area contributed by atoms with E-state index in [0.29, 0.717) is 30.8 Å². The van der Waals surface area contributed by atoms with Gasteiger partial charge in [0.05, 0.1) is 34.8 Å². The number of likely N-dealkylation sites (tertiary alicyclic amines) is 1. The molecular weight excluding hydrogens is 843 g/mol. The molecule has 0 saturated carbocycles. The third-order valence-corrected chi connectivity index (χ3v) is 13.2. The van der Waals surface area contributed by atoms with Crippen molar-refractivity contribution in [3.8, 4) is 17.2 Å². The molecule has 0 radical (unpaired) electrons. The van der Waals surface area contributed by atoms with Crippen LogP contribution in [0, 0.1) is 36.5 Å². The Morgan fingerprint density at radius 1 is 0.985 bits per heavy atom. The summed E-state index contributed by atoms with van der Waals surface area (Å²) in [5.41, 5.74) is -0.378. The maximum absolute atomic E-state index is 14.7. The van der Waals surface area contributed by atoms with Gasteiger partial charge in [0.1, 0.15) is 28.6 Å². The van der Waals surface area contributed by atoms with Crippen LogP contribution in [0.5, 0.6) is 17.2 Å². The third-order valence-electron chi connectivity index (χ3n) is 13.2. The Hall–Kier alpha value is -5.64. The zero-order valence-electron chi connectivity index (χ0n) is 40.2. The summed E-state index contributed by atoms with van der Waals surface area (Å²) >= 11 is 0. The summed E-state index contributed by atoms with van der Waals surface area (Å²) in [4.78, 5) is 56.6. The minimum absolute atomic E-state index is 0.00582. The van der Waals surface area contributed by atoms with Crippen LogP contribution in [0.15, 0.2) is 76.7 Å². The molecule has 1 spiro atoms. The number of aromatic nitrogens is 1. The number of phenolic OH excluding ortho intramolecular Hbond substituents is 2. The van der Waals surface area contributed by atoms with E-state index >= 15 is 0 Å². The number of H-pyrrole nitrogens is 1. The first-order chi connectivity index (χ1) is 31.2. The number of aliphatic hydroxyl groups excluding tert-OH is 1. The molecule has 3 aromatic rings. The van der Waals surface area contributed by atoms with Crippen LogP contribution in [-0.4, -0.2) is 94.4 Å². The second-order valence-electron chi connectivity index (χ2n) is 19.0. The highest BCUT2D eigenvalue weighted by Crippen LogP contribution is 2.50. The number of hydrogen-bond donors (Lipinski definition) is 4. The molecule has 4 aliphatic heterocycles. The molecule has 8 atom stereocenters. The molecule has 1 aromatic heterocycles. The number of fused-ring (bicyclic) bond motifs is 1. The van der Waals surface area contributed by atoms with E-state index in [9.17, 15) is 29.7 Å². The number of pyridine rings is 1. The van der Waals surface area contributed by atoms with Crippen molar-refractivity contribution in [1.82, 2.24) is 4.90 Å². The number of carbonyl (C=O) groups is 3. The van der Waals surface area contributed by atoms with Crippen molar-refractivity contribution in [3.05, 3.63) is 88.6 Å².